The predicted molar refractivity (Wildman–Crippen MR) is 63.3 cm³/mol. The van der Waals surface area contributed by atoms with Gasteiger partial charge in [0.1, 0.15) is 0 Å². The molecule has 0 unspecified atom stereocenters. The van der Waals surface area contributed by atoms with Crippen LogP contribution in [0.5, 0.6) is 0 Å². The molecule has 0 saturated heterocycles. The first-order valence-electron chi connectivity index (χ1n) is 4.92. The maximum absolute atomic E-state index is 11.3. The molecule has 1 heterocycles. The van der Waals surface area contributed by atoms with Gasteiger partial charge in [-0.05, 0) is 13.0 Å². The summed E-state index contributed by atoms with van der Waals surface area (Å²) in [5.74, 6) is 0.557. The van der Waals surface area contributed by atoms with Crippen LogP contribution in [0.3, 0.4) is 0 Å². The van der Waals surface area contributed by atoms with Crippen molar-refractivity contribution in [2.45, 2.75) is 19.6 Å². The number of aromatic nitrogens is 2. The Kier molecular flexibility index (Phi) is 4.42. The summed E-state index contributed by atoms with van der Waals surface area (Å²) in [5.41, 5.74) is -0.925. The minimum absolute atomic E-state index is 0.215. The van der Waals surface area contributed by atoms with Crippen molar-refractivity contribution in [1.82, 2.24) is 9.55 Å². The van der Waals surface area contributed by atoms with Crippen LogP contribution in [0.1, 0.15) is 5.56 Å². The van der Waals surface area contributed by atoms with Gasteiger partial charge in [-0.1, -0.05) is 0 Å². The maximum atomic E-state index is 11.3. The molecule has 0 aliphatic carbocycles. The van der Waals surface area contributed by atoms with E-state index in [0.717, 1.165) is 10.6 Å². The van der Waals surface area contributed by atoms with Crippen LogP contribution in [0.4, 0.5) is 0 Å². The molecule has 1 aromatic rings. The number of nitrogens with zero attached hydrogens (tertiary/aromatic N) is 1. The van der Waals surface area contributed by atoms with Gasteiger partial charge in [0.2, 0.25) is 0 Å². The Labute approximate surface area is 101 Å². The highest BCUT2D eigenvalue weighted by molar-refractivity contribution is 7.55. The lowest BCUT2D eigenvalue weighted by Gasteiger charge is -2.09. The van der Waals surface area contributed by atoms with Crippen LogP contribution in [0.15, 0.2) is 27.7 Å². The zero-order chi connectivity index (χ0) is 13.9. The highest BCUT2D eigenvalue weighted by atomic mass is 31.2. The summed E-state index contributed by atoms with van der Waals surface area (Å²) in [6.45, 7) is 1.28. The van der Waals surface area contributed by atoms with Crippen LogP contribution in [0, 0.1) is 6.92 Å². The van der Waals surface area contributed by atoms with Crippen LogP contribution in [0.2, 0.25) is 0 Å². The first kappa shape index (κ1) is 14.6. The molecule has 1 atom stereocenters. The van der Waals surface area contributed by atoms with Crippen LogP contribution >= 0.6 is 7.60 Å². The molecule has 0 radical (unpaired) electrons. The van der Waals surface area contributed by atoms with Gasteiger partial charge in [0.25, 0.3) is 5.56 Å². The SMILES string of the molecule is Cc1cn(C[C@H](O)C=CP(=O)(O)O)c(=O)[nH]c1=O. The van der Waals surface area contributed by atoms with Gasteiger partial charge in [0.15, 0.2) is 0 Å². The van der Waals surface area contributed by atoms with Gasteiger partial charge < -0.3 is 14.9 Å². The van der Waals surface area contributed by atoms with Gasteiger partial charge in [0, 0.05) is 17.6 Å². The van der Waals surface area contributed by atoms with E-state index in [9.17, 15) is 19.3 Å². The third-order valence-electron chi connectivity index (χ3n) is 2.08. The Bertz CT molecular complexity index is 610. The van der Waals surface area contributed by atoms with Crippen LogP contribution < -0.4 is 11.2 Å². The van der Waals surface area contributed by atoms with Gasteiger partial charge in [0.05, 0.1) is 12.6 Å². The molecular formula is C9H13N2O6P. The minimum atomic E-state index is -4.34. The second-order valence-corrected chi connectivity index (χ2v) is 5.20. The van der Waals surface area contributed by atoms with Gasteiger partial charge in [-0.15, -0.1) is 0 Å². The Morgan fingerprint density at radius 1 is 1.50 bits per heavy atom. The number of aliphatic hydroxyl groups is 1. The summed E-state index contributed by atoms with van der Waals surface area (Å²) in [6, 6.07) is 0. The molecule has 0 fully saturated rings. The van der Waals surface area contributed by atoms with E-state index >= 15 is 0 Å². The Hall–Kier alpha value is -1.47. The summed E-state index contributed by atoms with van der Waals surface area (Å²) in [6.07, 6.45) is 0.907. The van der Waals surface area contributed by atoms with E-state index in [-0.39, 0.29) is 6.54 Å². The first-order chi connectivity index (χ1) is 8.19. The van der Waals surface area contributed by atoms with E-state index < -0.39 is 24.9 Å². The normalized spacial score (nSPS) is 14.0. The van der Waals surface area contributed by atoms with Gasteiger partial charge >= 0.3 is 13.3 Å². The number of aromatic amines is 1. The van der Waals surface area contributed by atoms with E-state index in [0.29, 0.717) is 11.4 Å². The summed E-state index contributed by atoms with van der Waals surface area (Å²) in [7, 11) is -4.34. The molecule has 0 aliphatic rings. The monoisotopic (exact) mass is 276 g/mol. The third-order valence-corrected chi connectivity index (χ3v) is 2.64. The smallest absolute Gasteiger partial charge is 0.348 e. The zero-order valence-electron chi connectivity index (χ0n) is 9.48. The zero-order valence-corrected chi connectivity index (χ0v) is 10.4. The van der Waals surface area contributed by atoms with Crippen molar-refractivity contribution in [2.24, 2.45) is 0 Å². The summed E-state index contributed by atoms with van der Waals surface area (Å²) in [4.78, 5) is 41.6. The van der Waals surface area contributed by atoms with Crippen molar-refractivity contribution in [3.63, 3.8) is 0 Å². The molecule has 0 amide bonds. The van der Waals surface area contributed by atoms with Crippen molar-refractivity contribution < 1.29 is 19.5 Å². The van der Waals surface area contributed by atoms with E-state index in [1.54, 1.807) is 0 Å². The van der Waals surface area contributed by atoms with Crippen molar-refractivity contribution >= 4 is 7.60 Å². The molecule has 0 bridgehead atoms. The molecule has 100 valence electrons. The average molecular weight is 276 g/mol. The van der Waals surface area contributed by atoms with Crippen molar-refractivity contribution in [2.75, 3.05) is 0 Å². The minimum Gasteiger partial charge on any atom is -0.387 e. The molecular weight excluding hydrogens is 263 g/mol. The summed E-state index contributed by atoms with van der Waals surface area (Å²) < 4.78 is 11.6. The molecule has 1 aromatic heterocycles. The Balaban J connectivity index is 2.89. The predicted octanol–water partition coefficient (Wildman–Crippen LogP) is -1.10. The topological polar surface area (TPSA) is 133 Å². The molecule has 1 rings (SSSR count). The van der Waals surface area contributed by atoms with Crippen molar-refractivity contribution in [3.8, 4) is 0 Å². The summed E-state index contributed by atoms with van der Waals surface area (Å²) >= 11 is 0. The molecule has 0 aliphatic heterocycles. The van der Waals surface area contributed by atoms with E-state index in [1.807, 2.05) is 4.98 Å². The summed E-state index contributed by atoms with van der Waals surface area (Å²) in [5, 5.41) is 9.47. The highest BCUT2D eigenvalue weighted by Crippen LogP contribution is 2.35. The van der Waals surface area contributed by atoms with Crippen molar-refractivity contribution in [1.29, 1.82) is 0 Å². The number of rotatable bonds is 4. The number of hydrogen-bond donors (Lipinski definition) is 4. The molecule has 0 spiro atoms. The van der Waals surface area contributed by atoms with Crippen LogP contribution in [-0.4, -0.2) is 30.5 Å². The quantitative estimate of drug-likeness (QED) is 0.516. The van der Waals surface area contributed by atoms with Crippen molar-refractivity contribution in [3.05, 3.63) is 44.5 Å². The van der Waals surface area contributed by atoms with Gasteiger partial charge in [-0.3, -0.25) is 18.9 Å². The largest absolute Gasteiger partial charge is 0.387 e. The first-order valence-corrected chi connectivity index (χ1v) is 6.60. The van der Waals surface area contributed by atoms with Gasteiger partial charge in [-0.2, -0.15) is 0 Å². The second-order valence-electron chi connectivity index (χ2n) is 3.72. The Morgan fingerprint density at radius 3 is 2.67 bits per heavy atom. The molecule has 18 heavy (non-hydrogen) atoms. The standard InChI is InChI=1S/C9H13N2O6P/c1-6-4-11(9(14)10-8(6)13)5-7(12)2-3-18(15,16)17/h2-4,7,12H,5H2,1H3,(H,10,13,14)(H2,15,16,17)/t7-/m1/s1. The van der Waals surface area contributed by atoms with E-state index in [1.165, 1.54) is 13.1 Å². The Morgan fingerprint density at radius 2 is 2.11 bits per heavy atom. The van der Waals surface area contributed by atoms with Crippen LogP contribution in [-0.2, 0) is 11.1 Å². The fraction of sp³-hybridized carbons (Fsp3) is 0.333. The molecule has 9 heteroatoms. The molecule has 0 aromatic carbocycles. The van der Waals surface area contributed by atoms with Gasteiger partial charge in [-0.25, -0.2) is 4.79 Å². The molecule has 8 nitrogen and oxygen atoms in total. The number of hydrogen-bond acceptors (Lipinski definition) is 4. The van der Waals surface area contributed by atoms with E-state index in [2.05, 4.69) is 0 Å². The third kappa shape index (κ3) is 4.42. The number of nitrogens with one attached hydrogen (secondary N) is 1. The lowest BCUT2D eigenvalue weighted by molar-refractivity contribution is 0.198. The fourth-order valence-corrected chi connectivity index (χ4v) is 1.65. The lowest BCUT2D eigenvalue weighted by Crippen LogP contribution is -2.33. The average Bonchev–Trinajstić information content (AvgIpc) is 2.22. The second kappa shape index (κ2) is 5.45. The lowest BCUT2D eigenvalue weighted by atomic mass is 10.3. The highest BCUT2D eigenvalue weighted by Gasteiger charge is 2.09. The number of aliphatic hydroxyl groups excluding tert-OH is 1. The molecule has 0 saturated carbocycles. The maximum Gasteiger partial charge on any atom is 0.348 e. The van der Waals surface area contributed by atoms with E-state index in [4.69, 9.17) is 9.79 Å². The number of aryl methyl sites for hydroxylation is 1. The molecule has 4 N–H and O–H groups in total. The number of H-pyrrole nitrogens is 1. The van der Waals surface area contributed by atoms with Crippen LogP contribution in [0.25, 0.3) is 0 Å². The fourth-order valence-electron chi connectivity index (χ4n) is 1.23.